The maximum Gasteiger partial charge on any atom is 0.336 e. The van der Waals surface area contributed by atoms with Crippen molar-refractivity contribution < 1.29 is 24.6 Å². The van der Waals surface area contributed by atoms with Gasteiger partial charge in [-0.1, -0.05) is 27.7 Å². The van der Waals surface area contributed by atoms with Crippen LogP contribution in [-0.2, 0) is 5.72 Å². The Kier molecular flexibility index (Phi) is 16.6. The van der Waals surface area contributed by atoms with Crippen molar-refractivity contribution in [3.63, 3.8) is 0 Å². The number of carboxylic acid groups (broad SMARTS) is 1. The van der Waals surface area contributed by atoms with E-state index in [1.54, 1.807) is 25.7 Å². The quantitative estimate of drug-likeness (QED) is 0.206. The van der Waals surface area contributed by atoms with Gasteiger partial charge in [0.05, 0.1) is 11.1 Å². The number of halogens is 2. The van der Waals surface area contributed by atoms with Crippen LogP contribution in [0.1, 0.15) is 123 Å². The van der Waals surface area contributed by atoms with Crippen LogP contribution in [0, 0.1) is 67.2 Å². The number of nitrogens with zero attached hydrogens (tertiary/aromatic N) is 1. The predicted octanol–water partition coefficient (Wildman–Crippen LogP) is 8.39. The van der Waals surface area contributed by atoms with E-state index in [2.05, 4.69) is 71.9 Å². The van der Waals surface area contributed by atoms with Gasteiger partial charge >= 0.3 is 5.97 Å². The first-order valence-electron chi connectivity index (χ1n) is 14.5. The summed E-state index contributed by atoms with van der Waals surface area (Å²) in [4.78, 5) is 37.1. The first kappa shape index (κ1) is 41.4. The molecule has 7 nitrogen and oxygen atoms in total. The zero-order valence-corrected chi connectivity index (χ0v) is 32.8. The van der Waals surface area contributed by atoms with Gasteiger partial charge in [0.1, 0.15) is 0 Å². The van der Waals surface area contributed by atoms with Gasteiger partial charge in [0.25, 0.3) is 5.91 Å². The second-order valence-corrected chi connectivity index (χ2v) is 12.3. The summed E-state index contributed by atoms with van der Waals surface area (Å²) in [5, 5.41) is 20.1. The fraction of sp³-hybridized carbons (Fsp3) is 0.559. The number of aliphatic hydroxyl groups is 1. The Morgan fingerprint density at radius 2 is 1.14 bits per heavy atom. The van der Waals surface area contributed by atoms with Gasteiger partial charge in [-0.05, 0) is 132 Å². The summed E-state index contributed by atoms with van der Waals surface area (Å²) in [6.07, 6.45) is 0. The largest absolute Gasteiger partial charge is 0.478 e. The highest BCUT2D eigenvalue weighted by atomic mass is 128. The summed E-state index contributed by atoms with van der Waals surface area (Å²) in [6.45, 7) is 28.3. The molecule has 9 heteroatoms. The minimum absolute atomic E-state index is 0.0394. The van der Waals surface area contributed by atoms with Gasteiger partial charge in [-0.2, -0.15) is 0 Å². The summed E-state index contributed by atoms with van der Waals surface area (Å²) < 4.78 is 0. The molecule has 0 bridgehead atoms. The van der Waals surface area contributed by atoms with Crippen LogP contribution in [0.4, 0.5) is 0 Å². The normalized spacial score (nSPS) is 15.3. The SMILES string of the molecule is CC(=O)c1c(C)c(C)c(C)c(C)c1C(=O)O.CC(C)CN.Cc1c(C)c(C)c2c(c1C)C(=O)N(CC(C)C)C2(C)O.II. The highest BCUT2D eigenvalue weighted by Gasteiger charge is 2.47. The van der Waals surface area contributed by atoms with E-state index < -0.39 is 11.7 Å². The topological polar surface area (TPSA) is 121 Å². The Labute approximate surface area is 282 Å². The van der Waals surface area contributed by atoms with E-state index in [-0.39, 0.29) is 17.3 Å². The fourth-order valence-electron chi connectivity index (χ4n) is 5.29. The third kappa shape index (κ3) is 9.23. The van der Waals surface area contributed by atoms with Crippen molar-refractivity contribution in [2.75, 3.05) is 13.1 Å². The number of ketones is 1. The number of hydrogen-bond donors (Lipinski definition) is 3. The minimum atomic E-state index is -1.20. The van der Waals surface area contributed by atoms with Gasteiger partial charge in [-0.15, -0.1) is 0 Å². The van der Waals surface area contributed by atoms with Crippen LogP contribution in [0.15, 0.2) is 0 Å². The first-order chi connectivity index (χ1) is 19.7. The van der Waals surface area contributed by atoms with Gasteiger partial charge in [0.15, 0.2) is 11.5 Å². The molecule has 0 fully saturated rings. The van der Waals surface area contributed by atoms with Gasteiger partial charge in [-0.25, -0.2) is 4.79 Å². The van der Waals surface area contributed by atoms with Crippen molar-refractivity contribution in [3.05, 3.63) is 66.8 Å². The van der Waals surface area contributed by atoms with Crippen LogP contribution >= 0.6 is 37.2 Å². The van der Waals surface area contributed by atoms with E-state index in [4.69, 9.17) is 5.73 Å². The molecule has 0 saturated heterocycles. The summed E-state index contributed by atoms with van der Waals surface area (Å²) in [5.74, 6) is -0.282. The second kappa shape index (κ2) is 17.2. The van der Waals surface area contributed by atoms with Crippen LogP contribution in [0.2, 0.25) is 0 Å². The van der Waals surface area contributed by atoms with E-state index in [1.807, 2.05) is 34.6 Å². The van der Waals surface area contributed by atoms with Crippen LogP contribution in [-0.4, -0.2) is 45.9 Å². The Hall–Kier alpha value is -1.57. The zero-order chi connectivity index (χ0) is 34.3. The van der Waals surface area contributed by atoms with E-state index in [0.29, 0.717) is 35.1 Å². The van der Waals surface area contributed by atoms with E-state index in [1.165, 1.54) is 12.5 Å². The van der Waals surface area contributed by atoms with Crippen molar-refractivity contribution in [1.82, 2.24) is 4.90 Å². The average molecular weight is 823 g/mol. The van der Waals surface area contributed by atoms with E-state index >= 15 is 0 Å². The van der Waals surface area contributed by atoms with Crippen LogP contribution in [0.3, 0.4) is 0 Å². The fourth-order valence-corrected chi connectivity index (χ4v) is 5.29. The van der Waals surface area contributed by atoms with E-state index in [0.717, 1.165) is 45.5 Å². The molecule has 4 N–H and O–H groups in total. The molecule has 1 unspecified atom stereocenters. The molecule has 0 aliphatic carbocycles. The molecule has 1 aliphatic rings. The summed E-state index contributed by atoms with van der Waals surface area (Å²) in [7, 11) is 0. The lowest BCUT2D eigenvalue weighted by Crippen LogP contribution is -2.43. The summed E-state index contributed by atoms with van der Waals surface area (Å²) in [6, 6.07) is 0. The van der Waals surface area contributed by atoms with Crippen molar-refractivity contribution >= 4 is 54.9 Å². The number of nitrogens with two attached hydrogens (primary N) is 1. The molecule has 2 aromatic carbocycles. The number of carbonyl (C=O) groups excluding carboxylic acids is 2. The van der Waals surface area contributed by atoms with Crippen molar-refractivity contribution in [2.45, 2.75) is 103 Å². The smallest absolute Gasteiger partial charge is 0.336 e. The van der Waals surface area contributed by atoms with Gasteiger partial charge in [-0.3, -0.25) is 9.59 Å². The number of carbonyl (C=O) groups is 3. The van der Waals surface area contributed by atoms with Crippen molar-refractivity contribution in [2.24, 2.45) is 17.6 Å². The van der Waals surface area contributed by atoms with Crippen molar-refractivity contribution in [3.8, 4) is 0 Å². The molecule has 0 saturated carbocycles. The number of carboxylic acids is 1. The third-order valence-corrected chi connectivity index (χ3v) is 8.42. The monoisotopic (exact) mass is 822 g/mol. The number of rotatable bonds is 5. The summed E-state index contributed by atoms with van der Waals surface area (Å²) >= 11 is 4.24. The number of aromatic carboxylic acids is 1. The molecule has 1 atom stereocenters. The number of hydrogen-bond acceptors (Lipinski definition) is 5. The number of Topliss-reactive ketones (excluding diaryl/α,β-unsaturated/α-hetero) is 1. The van der Waals surface area contributed by atoms with Gasteiger partial charge in [0.2, 0.25) is 0 Å². The predicted molar refractivity (Wildman–Crippen MR) is 195 cm³/mol. The van der Waals surface area contributed by atoms with Gasteiger partial charge < -0.3 is 20.8 Å². The number of fused-ring (bicyclic) bond motifs is 1. The third-order valence-electron chi connectivity index (χ3n) is 8.42. The van der Waals surface area contributed by atoms with Crippen LogP contribution in [0.25, 0.3) is 0 Å². The van der Waals surface area contributed by atoms with Crippen molar-refractivity contribution in [1.29, 1.82) is 0 Å². The molecule has 242 valence electrons. The molecular weight excluding hydrogens is 770 g/mol. The molecule has 3 rings (SSSR count). The maximum atomic E-state index is 12.8. The number of benzene rings is 2. The Bertz CT molecular complexity index is 1300. The molecule has 0 spiro atoms. The van der Waals surface area contributed by atoms with Crippen LogP contribution < -0.4 is 5.73 Å². The standard InChI is InChI=1S/C17H25NO2.C13H16O3.C4H11N.I2/c1-9(2)8-18-16(19)14-12(5)10(3)11(4)13(6)15(14)17(18,7)20;1-6-7(2)9(4)12(13(15)16)11(8(6)3)10(5)14;1-4(2)3-5;1-2/h9,20H,8H2,1-7H3;1-5H3,(H,15,16);4H,3,5H2,1-2H3;. The summed E-state index contributed by atoms with van der Waals surface area (Å²) in [5.41, 5.74) is 13.7. The lowest BCUT2D eigenvalue weighted by molar-refractivity contribution is -0.0730. The molecule has 43 heavy (non-hydrogen) atoms. The molecule has 1 heterocycles. The minimum Gasteiger partial charge on any atom is -0.478 e. The Balaban J connectivity index is 0.000000687. The average Bonchev–Trinajstić information content (AvgIpc) is 3.12. The molecule has 2 aromatic rings. The van der Waals surface area contributed by atoms with Gasteiger partial charge in [0, 0.05) is 54.9 Å². The molecule has 1 amide bonds. The molecule has 0 aromatic heterocycles. The highest BCUT2D eigenvalue weighted by Crippen LogP contribution is 2.43. The molecular formula is C34H52I2N2O5. The maximum absolute atomic E-state index is 12.8. The first-order valence-corrected chi connectivity index (χ1v) is 20.8. The van der Waals surface area contributed by atoms with Crippen LogP contribution in [0.5, 0.6) is 0 Å². The highest BCUT2D eigenvalue weighted by molar-refractivity contribution is 15.0. The Morgan fingerprint density at radius 1 is 0.767 bits per heavy atom. The lowest BCUT2D eigenvalue weighted by atomic mass is 9.87. The molecule has 0 radical (unpaired) electrons. The Morgan fingerprint density at radius 3 is 1.49 bits per heavy atom. The van der Waals surface area contributed by atoms with E-state index in [9.17, 15) is 24.6 Å². The zero-order valence-electron chi connectivity index (χ0n) is 28.5. The molecule has 1 aliphatic heterocycles. The number of amides is 1. The lowest BCUT2D eigenvalue weighted by Gasteiger charge is -2.33. The second-order valence-electron chi connectivity index (χ2n) is 12.3.